The van der Waals surface area contributed by atoms with Gasteiger partial charge >= 0.3 is 5.97 Å². The van der Waals surface area contributed by atoms with Crippen molar-refractivity contribution in [2.45, 2.75) is 19.4 Å². The molecule has 0 atom stereocenters. The number of rotatable bonds is 9. The van der Waals surface area contributed by atoms with Crippen molar-refractivity contribution in [3.63, 3.8) is 0 Å². The molecule has 0 aliphatic rings. The van der Waals surface area contributed by atoms with Crippen LogP contribution in [0.2, 0.25) is 0 Å². The third-order valence-electron chi connectivity index (χ3n) is 2.78. The average Bonchev–Trinajstić information content (AvgIpc) is 2.51. The summed E-state index contributed by atoms with van der Waals surface area (Å²) in [5.41, 5.74) is 1.15. The van der Waals surface area contributed by atoms with Gasteiger partial charge in [-0.05, 0) is 31.2 Å². The molecule has 0 unspecified atom stereocenters. The minimum Gasteiger partial charge on any atom is -0.484 e. The van der Waals surface area contributed by atoms with Gasteiger partial charge in [0.05, 0.1) is 7.11 Å². The third kappa shape index (κ3) is 7.31. The van der Waals surface area contributed by atoms with Gasteiger partial charge in [0.1, 0.15) is 5.75 Å². The van der Waals surface area contributed by atoms with E-state index in [0.717, 1.165) is 12.1 Å². The number of methoxy groups -OCH3 is 1. The van der Waals surface area contributed by atoms with Crippen LogP contribution in [0.3, 0.4) is 0 Å². The van der Waals surface area contributed by atoms with Gasteiger partial charge in [-0.1, -0.05) is 12.1 Å². The lowest BCUT2D eigenvalue weighted by Crippen LogP contribution is -2.30. The standard InChI is InChI=1S/C15H22N2O4/c1-16-10-12-5-7-13(8-6-12)21-11-14(18)17-9-3-4-15(19)20-2/h5-8,16H,3-4,9-11H2,1-2H3,(H,17,18). The van der Waals surface area contributed by atoms with Gasteiger partial charge < -0.3 is 20.1 Å². The van der Waals surface area contributed by atoms with Crippen LogP contribution < -0.4 is 15.4 Å². The summed E-state index contributed by atoms with van der Waals surface area (Å²) in [5, 5.41) is 5.74. The number of esters is 1. The van der Waals surface area contributed by atoms with Crippen LogP contribution >= 0.6 is 0 Å². The van der Waals surface area contributed by atoms with Crippen molar-refractivity contribution < 1.29 is 19.1 Å². The fourth-order valence-corrected chi connectivity index (χ4v) is 1.67. The zero-order chi connectivity index (χ0) is 15.5. The second-order valence-corrected chi connectivity index (χ2v) is 4.49. The Kier molecular flexibility index (Phi) is 7.89. The molecule has 6 heteroatoms. The number of hydrogen-bond donors (Lipinski definition) is 2. The molecule has 2 N–H and O–H groups in total. The lowest BCUT2D eigenvalue weighted by atomic mass is 10.2. The van der Waals surface area contributed by atoms with E-state index in [2.05, 4.69) is 15.4 Å². The van der Waals surface area contributed by atoms with E-state index >= 15 is 0 Å². The van der Waals surface area contributed by atoms with Crippen molar-refractivity contribution in [3.05, 3.63) is 29.8 Å². The van der Waals surface area contributed by atoms with Crippen LogP contribution in [0.15, 0.2) is 24.3 Å². The lowest BCUT2D eigenvalue weighted by Gasteiger charge is -2.08. The van der Waals surface area contributed by atoms with Gasteiger partial charge in [-0.25, -0.2) is 0 Å². The molecular weight excluding hydrogens is 272 g/mol. The molecule has 0 aromatic heterocycles. The van der Waals surface area contributed by atoms with E-state index < -0.39 is 0 Å². The van der Waals surface area contributed by atoms with Gasteiger partial charge in [-0.3, -0.25) is 9.59 Å². The van der Waals surface area contributed by atoms with E-state index in [1.54, 1.807) is 0 Å². The SMILES string of the molecule is CNCc1ccc(OCC(=O)NCCCC(=O)OC)cc1. The van der Waals surface area contributed by atoms with Crippen LogP contribution in [-0.4, -0.2) is 39.2 Å². The highest BCUT2D eigenvalue weighted by atomic mass is 16.5. The monoisotopic (exact) mass is 294 g/mol. The molecule has 1 aromatic carbocycles. The molecule has 0 fully saturated rings. The predicted octanol–water partition coefficient (Wildman–Crippen LogP) is 0.854. The molecule has 0 spiro atoms. The summed E-state index contributed by atoms with van der Waals surface area (Å²) in [6.07, 6.45) is 0.849. The zero-order valence-corrected chi connectivity index (χ0v) is 12.5. The Labute approximate surface area is 124 Å². The number of ether oxygens (including phenoxy) is 2. The van der Waals surface area contributed by atoms with Gasteiger partial charge in [-0.2, -0.15) is 0 Å². The first kappa shape index (κ1) is 17.0. The molecule has 0 aliphatic carbocycles. The quantitative estimate of drug-likeness (QED) is 0.522. The average molecular weight is 294 g/mol. The minimum atomic E-state index is -0.276. The maximum Gasteiger partial charge on any atom is 0.305 e. The highest BCUT2D eigenvalue weighted by molar-refractivity contribution is 5.77. The van der Waals surface area contributed by atoms with E-state index in [1.165, 1.54) is 7.11 Å². The molecule has 0 aliphatic heterocycles. The fourth-order valence-electron chi connectivity index (χ4n) is 1.67. The number of amides is 1. The predicted molar refractivity (Wildman–Crippen MR) is 79.0 cm³/mol. The van der Waals surface area contributed by atoms with Crippen LogP contribution in [0.5, 0.6) is 5.75 Å². The van der Waals surface area contributed by atoms with E-state index in [-0.39, 0.29) is 18.5 Å². The fraction of sp³-hybridized carbons (Fsp3) is 0.467. The van der Waals surface area contributed by atoms with Crippen LogP contribution in [0, 0.1) is 0 Å². The first-order chi connectivity index (χ1) is 10.2. The summed E-state index contributed by atoms with van der Waals surface area (Å²) in [6, 6.07) is 7.55. The molecule has 0 saturated carbocycles. The minimum absolute atomic E-state index is 0.0381. The first-order valence-corrected chi connectivity index (χ1v) is 6.85. The summed E-state index contributed by atoms with van der Waals surface area (Å²) in [7, 11) is 3.23. The Morgan fingerprint density at radius 2 is 1.90 bits per heavy atom. The Balaban J connectivity index is 2.19. The first-order valence-electron chi connectivity index (χ1n) is 6.85. The van der Waals surface area contributed by atoms with Crippen molar-refractivity contribution in [3.8, 4) is 5.75 Å². The molecular formula is C15H22N2O4. The van der Waals surface area contributed by atoms with Gasteiger partial charge in [0.15, 0.2) is 6.61 Å². The van der Waals surface area contributed by atoms with Crippen molar-refractivity contribution in [2.24, 2.45) is 0 Å². The third-order valence-corrected chi connectivity index (χ3v) is 2.78. The van der Waals surface area contributed by atoms with Crippen molar-refractivity contribution >= 4 is 11.9 Å². The van der Waals surface area contributed by atoms with E-state index in [9.17, 15) is 9.59 Å². The molecule has 0 radical (unpaired) electrons. The highest BCUT2D eigenvalue weighted by Crippen LogP contribution is 2.11. The maximum absolute atomic E-state index is 11.5. The molecule has 0 bridgehead atoms. The second kappa shape index (κ2) is 9.77. The van der Waals surface area contributed by atoms with Crippen molar-refractivity contribution in [2.75, 3.05) is 27.3 Å². The Hall–Kier alpha value is -2.08. The van der Waals surface area contributed by atoms with Crippen LogP contribution in [-0.2, 0) is 20.9 Å². The summed E-state index contributed by atoms with van der Waals surface area (Å²) in [5.74, 6) is 0.167. The Bertz CT molecular complexity index is 445. The number of nitrogens with one attached hydrogen (secondary N) is 2. The second-order valence-electron chi connectivity index (χ2n) is 4.49. The molecule has 0 heterocycles. The van der Waals surface area contributed by atoms with Gasteiger partial charge in [-0.15, -0.1) is 0 Å². The number of hydrogen-bond acceptors (Lipinski definition) is 5. The Morgan fingerprint density at radius 1 is 1.19 bits per heavy atom. The zero-order valence-electron chi connectivity index (χ0n) is 12.5. The normalized spacial score (nSPS) is 10.0. The number of carbonyl (C=O) groups is 2. The van der Waals surface area contributed by atoms with Gasteiger partial charge in [0.2, 0.25) is 0 Å². The molecule has 1 aromatic rings. The molecule has 1 rings (SSSR count). The number of carbonyl (C=O) groups excluding carboxylic acids is 2. The molecule has 21 heavy (non-hydrogen) atoms. The van der Waals surface area contributed by atoms with Gasteiger partial charge in [0.25, 0.3) is 5.91 Å². The highest BCUT2D eigenvalue weighted by Gasteiger charge is 2.04. The van der Waals surface area contributed by atoms with E-state index in [0.29, 0.717) is 25.1 Å². The summed E-state index contributed by atoms with van der Waals surface area (Å²) in [6.45, 7) is 1.18. The van der Waals surface area contributed by atoms with Crippen molar-refractivity contribution in [1.82, 2.24) is 10.6 Å². The van der Waals surface area contributed by atoms with Crippen molar-refractivity contribution in [1.29, 1.82) is 0 Å². The molecule has 6 nitrogen and oxygen atoms in total. The largest absolute Gasteiger partial charge is 0.484 e. The smallest absolute Gasteiger partial charge is 0.305 e. The van der Waals surface area contributed by atoms with Crippen LogP contribution in [0.1, 0.15) is 18.4 Å². The van der Waals surface area contributed by atoms with Crippen LogP contribution in [0.4, 0.5) is 0 Å². The molecule has 1 amide bonds. The molecule has 0 saturated heterocycles. The molecule has 116 valence electrons. The maximum atomic E-state index is 11.5. The summed E-state index contributed by atoms with van der Waals surface area (Å²) >= 11 is 0. The summed E-state index contributed by atoms with van der Waals surface area (Å²) in [4.78, 5) is 22.4. The lowest BCUT2D eigenvalue weighted by molar-refractivity contribution is -0.140. The topological polar surface area (TPSA) is 76.7 Å². The van der Waals surface area contributed by atoms with E-state index in [4.69, 9.17) is 4.74 Å². The Morgan fingerprint density at radius 3 is 2.52 bits per heavy atom. The van der Waals surface area contributed by atoms with Gasteiger partial charge in [0, 0.05) is 19.5 Å². The number of benzene rings is 1. The van der Waals surface area contributed by atoms with E-state index in [1.807, 2.05) is 31.3 Å². The summed E-state index contributed by atoms with van der Waals surface area (Å²) < 4.78 is 9.88. The van der Waals surface area contributed by atoms with Crippen LogP contribution in [0.25, 0.3) is 0 Å².